The number of alkyl halides is 6. The summed E-state index contributed by atoms with van der Waals surface area (Å²) in [6.45, 7) is 1.84. The van der Waals surface area contributed by atoms with Gasteiger partial charge >= 0.3 is 12.4 Å². The molecule has 6 nitrogen and oxygen atoms in total. The third-order valence-corrected chi connectivity index (χ3v) is 4.24. The van der Waals surface area contributed by atoms with Gasteiger partial charge in [0.25, 0.3) is 5.56 Å². The zero-order chi connectivity index (χ0) is 23.0. The molecule has 0 saturated carbocycles. The summed E-state index contributed by atoms with van der Waals surface area (Å²) in [6, 6.07) is 3.37. The Bertz CT molecular complexity index is 1150. The van der Waals surface area contributed by atoms with E-state index in [4.69, 9.17) is 20.9 Å². The van der Waals surface area contributed by atoms with Crippen LogP contribution in [0.3, 0.4) is 0 Å². The fourth-order valence-corrected chi connectivity index (χ4v) is 2.79. The maximum Gasteiger partial charge on any atom is 0.437 e. The number of rotatable bonds is 5. The van der Waals surface area contributed by atoms with Crippen LogP contribution in [0.1, 0.15) is 30.4 Å². The summed E-state index contributed by atoms with van der Waals surface area (Å²) in [6.07, 6.45) is -8.91. The predicted octanol–water partition coefficient (Wildman–Crippen LogP) is 5.86. The predicted molar refractivity (Wildman–Crippen MR) is 95.9 cm³/mol. The zero-order valence-electron chi connectivity index (χ0n) is 15.5. The van der Waals surface area contributed by atoms with E-state index < -0.39 is 51.5 Å². The van der Waals surface area contributed by atoms with Crippen LogP contribution in [0.15, 0.2) is 33.6 Å². The first-order chi connectivity index (χ1) is 14.4. The van der Waals surface area contributed by atoms with Crippen LogP contribution in [0.2, 0.25) is 5.02 Å². The van der Waals surface area contributed by atoms with E-state index in [1.165, 1.54) is 6.07 Å². The van der Waals surface area contributed by atoms with Gasteiger partial charge in [0.1, 0.15) is 17.2 Å². The number of benzene rings is 1. The van der Waals surface area contributed by atoms with Gasteiger partial charge in [-0.05, 0) is 24.6 Å². The molecule has 2 heterocycles. The number of aryl methyl sites for hydroxylation is 1. The van der Waals surface area contributed by atoms with E-state index in [1.54, 1.807) is 0 Å². The molecule has 0 bridgehead atoms. The number of halogens is 7. The van der Waals surface area contributed by atoms with Gasteiger partial charge in [0.15, 0.2) is 11.5 Å². The Morgan fingerprint density at radius 3 is 2.45 bits per heavy atom. The molecule has 1 N–H and O–H groups in total. The van der Waals surface area contributed by atoms with Crippen molar-refractivity contribution in [2.24, 2.45) is 0 Å². The van der Waals surface area contributed by atoms with E-state index in [1.807, 2.05) is 6.92 Å². The molecule has 13 heteroatoms. The van der Waals surface area contributed by atoms with Crippen molar-refractivity contribution in [1.29, 1.82) is 0 Å². The van der Waals surface area contributed by atoms with E-state index in [9.17, 15) is 31.1 Å². The lowest BCUT2D eigenvalue weighted by molar-refractivity contribution is -0.142. The molecule has 0 radical (unpaired) electrons. The quantitative estimate of drug-likeness (QED) is 0.475. The molecule has 0 spiro atoms. The number of nitrogens with zero attached hydrogens (tertiary/aromatic N) is 2. The number of H-pyrrole nitrogens is 1. The van der Waals surface area contributed by atoms with Gasteiger partial charge in [0.2, 0.25) is 5.75 Å². The molecule has 0 amide bonds. The monoisotopic (exact) mass is 467 g/mol. The van der Waals surface area contributed by atoms with E-state index >= 15 is 0 Å². The summed E-state index contributed by atoms with van der Waals surface area (Å²) in [4.78, 5) is 17.8. The molecule has 0 fully saturated rings. The largest absolute Gasteiger partial charge is 0.449 e. The van der Waals surface area contributed by atoms with Gasteiger partial charge in [-0.1, -0.05) is 23.7 Å². The number of ether oxygens (including phenoxy) is 1. The van der Waals surface area contributed by atoms with Crippen LogP contribution in [0.4, 0.5) is 26.3 Å². The van der Waals surface area contributed by atoms with Gasteiger partial charge in [0, 0.05) is 12.5 Å². The first-order valence-electron chi connectivity index (χ1n) is 8.62. The summed E-state index contributed by atoms with van der Waals surface area (Å²) in [7, 11) is 0. The summed E-state index contributed by atoms with van der Waals surface area (Å²) in [5.74, 6) is -2.18. The summed E-state index contributed by atoms with van der Waals surface area (Å²) < 4.78 is 89.5. The minimum absolute atomic E-state index is 0.150. The molecule has 31 heavy (non-hydrogen) atoms. The Hall–Kier alpha value is -3.02. The Kier molecular flexibility index (Phi) is 6.03. The maximum atomic E-state index is 13.5. The lowest BCUT2D eigenvalue weighted by Gasteiger charge is -2.14. The molecular formula is C18H12ClF6N3O3. The molecule has 3 rings (SSSR count). The maximum absolute atomic E-state index is 13.5. The Morgan fingerprint density at radius 2 is 1.84 bits per heavy atom. The third-order valence-electron chi connectivity index (χ3n) is 3.91. The van der Waals surface area contributed by atoms with Crippen molar-refractivity contribution >= 4 is 11.6 Å². The zero-order valence-corrected chi connectivity index (χ0v) is 16.2. The SMILES string of the molecule is CCCc1cc(-c2nc(C(F)(F)F)c(Oc3ccc(Cl)c(C(F)(F)F)c3)c(=O)[nH]2)no1. The van der Waals surface area contributed by atoms with Crippen molar-refractivity contribution in [1.82, 2.24) is 15.1 Å². The Balaban J connectivity index is 2.08. The van der Waals surface area contributed by atoms with Crippen LogP contribution >= 0.6 is 11.6 Å². The smallest absolute Gasteiger partial charge is 0.437 e. The molecule has 1 aromatic carbocycles. The lowest BCUT2D eigenvalue weighted by Crippen LogP contribution is -2.21. The van der Waals surface area contributed by atoms with E-state index in [-0.39, 0.29) is 5.69 Å². The molecule has 0 atom stereocenters. The Labute approximate surface area is 174 Å². The second-order valence-corrected chi connectivity index (χ2v) is 6.67. The summed E-state index contributed by atoms with van der Waals surface area (Å²) in [5.41, 5.74) is -4.61. The standard InChI is InChI=1S/C18H12ClF6N3O3/c1-2-3-9-7-12(28-31-9)15-26-14(18(23,24)25)13(16(29)27-15)30-8-4-5-11(19)10(6-8)17(20,21)22/h4-7H,2-3H2,1H3,(H,26,27,29). The first-order valence-corrected chi connectivity index (χ1v) is 9.00. The number of hydrogen-bond donors (Lipinski definition) is 1. The molecule has 2 aromatic heterocycles. The number of aromatic amines is 1. The molecule has 0 aliphatic heterocycles. The fourth-order valence-electron chi connectivity index (χ4n) is 2.56. The highest BCUT2D eigenvalue weighted by Gasteiger charge is 2.40. The second kappa shape index (κ2) is 8.25. The molecule has 3 aromatic rings. The highest BCUT2D eigenvalue weighted by atomic mass is 35.5. The van der Waals surface area contributed by atoms with Crippen molar-refractivity contribution in [2.75, 3.05) is 0 Å². The normalized spacial score (nSPS) is 12.3. The van der Waals surface area contributed by atoms with Crippen LogP contribution in [-0.4, -0.2) is 15.1 Å². The van der Waals surface area contributed by atoms with Crippen LogP contribution in [0.25, 0.3) is 11.5 Å². The van der Waals surface area contributed by atoms with Crippen LogP contribution in [-0.2, 0) is 18.8 Å². The van der Waals surface area contributed by atoms with E-state index in [0.29, 0.717) is 24.7 Å². The van der Waals surface area contributed by atoms with E-state index in [2.05, 4.69) is 15.1 Å². The van der Waals surface area contributed by atoms with Gasteiger partial charge in [-0.25, -0.2) is 4.98 Å². The third kappa shape index (κ3) is 5.01. The van der Waals surface area contributed by atoms with Gasteiger partial charge < -0.3 is 14.2 Å². The number of aromatic nitrogens is 3. The van der Waals surface area contributed by atoms with Crippen molar-refractivity contribution in [3.05, 3.63) is 56.7 Å². The van der Waals surface area contributed by atoms with Crippen molar-refractivity contribution in [3.63, 3.8) is 0 Å². The second-order valence-electron chi connectivity index (χ2n) is 6.26. The summed E-state index contributed by atoms with van der Waals surface area (Å²) in [5, 5.41) is 2.89. The first kappa shape index (κ1) is 22.7. The van der Waals surface area contributed by atoms with Crippen molar-refractivity contribution < 1.29 is 35.6 Å². The highest BCUT2D eigenvalue weighted by Crippen LogP contribution is 2.39. The number of hydrogen-bond acceptors (Lipinski definition) is 5. The molecule has 0 aliphatic carbocycles. The van der Waals surface area contributed by atoms with Gasteiger partial charge in [-0.15, -0.1) is 0 Å². The molecule has 166 valence electrons. The molecule has 0 saturated heterocycles. The molecule has 0 unspecified atom stereocenters. The number of nitrogens with one attached hydrogen (secondary N) is 1. The topological polar surface area (TPSA) is 81.0 Å². The summed E-state index contributed by atoms with van der Waals surface area (Å²) >= 11 is 5.48. The average Bonchev–Trinajstić information content (AvgIpc) is 3.11. The van der Waals surface area contributed by atoms with Crippen molar-refractivity contribution in [3.8, 4) is 23.0 Å². The molecule has 0 aliphatic rings. The van der Waals surface area contributed by atoms with Gasteiger partial charge in [-0.3, -0.25) is 4.79 Å². The highest BCUT2D eigenvalue weighted by molar-refractivity contribution is 6.31. The minimum Gasteiger partial charge on any atom is -0.449 e. The van der Waals surface area contributed by atoms with Crippen LogP contribution in [0, 0.1) is 0 Å². The van der Waals surface area contributed by atoms with Gasteiger partial charge in [-0.2, -0.15) is 26.3 Å². The fraction of sp³-hybridized carbons (Fsp3) is 0.278. The van der Waals surface area contributed by atoms with Crippen LogP contribution < -0.4 is 10.3 Å². The Morgan fingerprint density at radius 1 is 1.13 bits per heavy atom. The van der Waals surface area contributed by atoms with Gasteiger partial charge in [0.05, 0.1) is 10.6 Å². The van der Waals surface area contributed by atoms with Crippen LogP contribution in [0.5, 0.6) is 11.5 Å². The minimum atomic E-state index is -5.16. The van der Waals surface area contributed by atoms with E-state index in [0.717, 1.165) is 12.1 Å². The average molecular weight is 468 g/mol. The van der Waals surface area contributed by atoms with Crippen molar-refractivity contribution in [2.45, 2.75) is 32.1 Å². The lowest BCUT2D eigenvalue weighted by atomic mass is 10.2. The molecular weight excluding hydrogens is 456 g/mol.